The van der Waals surface area contributed by atoms with Gasteiger partial charge in [0.2, 0.25) is 0 Å². The number of amides is 3. The van der Waals surface area contributed by atoms with Gasteiger partial charge in [0.05, 0.1) is 39.0 Å². The fraction of sp³-hybridized carbons (Fsp3) is 0.185. The molecule has 38 heavy (non-hydrogen) atoms. The van der Waals surface area contributed by atoms with Gasteiger partial charge >= 0.3 is 0 Å². The van der Waals surface area contributed by atoms with E-state index in [1.54, 1.807) is 42.1 Å². The van der Waals surface area contributed by atoms with Crippen molar-refractivity contribution in [2.45, 2.75) is 19.4 Å². The molecular weight excluding hydrogens is 534 g/mol. The molecule has 2 aromatic heterocycles. The lowest BCUT2D eigenvalue weighted by molar-refractivity contribution is 0.0629. The highest BCUT2D eigenvalue weighted by molar-refractivity contribution is 7.14. The molecule has 7 nitrogen and oxygen atoms in total. The number of imide groups is 1. The van der Waals surface area contributed by atoms with Crippen molar-refractivity contribution in [3.8, 4) is 11.3 Å². The largest absolute Gasteiger partial charge is 0.346 e. The molecule has 0 unspecified atom stereocenters. The molecule has 0 aliphatic carbocycles. The van der Waals surface area contributed by atoms with Crippen LogP contribution in [0.4, 0.5) is 8.78 Å². The Morgan fingerprint density at radius 2 is 1.76 bits per heavy atom. The number of carbonyl (C=O) groups is 3. The summed E-state index contributed by atoms with van der Waals surface area (Å²) in [5, 5.41) is 7.40. The maximum absolute atomic E-state index is 14.5. The van der Waals surface area contributed by atoms with Gasteiger partial charge in [-0.3, -0.25) is 24.0 Å². The van der Waals surface area contributed by atoms with Crippen LogP contribution in [0, 0.1) is 18.6 Å². The van der Waals surface area contributed by atoms with Crippen LogP contribution in [0.5, 0.6) is 0 Å². The van der Waals surface area contributed by atoms with Crippen molar-refractivity contribution in [1.82, 2.24) is 20.0 Å². The monoisotopic (exact) mass is 554 g/mol. The summed E-state index contributed by atoms with van der Waals surface area (Å²) in [5.41, 5.74) is 1.91. The molecule has 1 aliphatic rings. The van der Waals surface area contributed by atoms with Crippen molar-refractivity contribution < 1.29 is 23.2 Å². The average Bonchev–Trinajstić information content (AvgIpc) is 3.50. The van der Waals surface area contributed by atoms with Gasteiger partial charge in [-0.05, 0) is 55.3 Å². The molecule has 11 heteroatoms. The van der Waals surface area contributed by atoms with E-state index in [0.717, 1.165) is 33.5 Å². The third kappa shape index (κ3) is 4.72. The van der Waals surface area contributed by atoms with Gasteiger partial charge in [-0.25, -0.2) is 8.78 Å². The summed E-state index contributed by atoms with van der Waals surface area (Å²) in [6.07, 6.45) is 1.37. The maximum atomic E-state index is 14.5. The molecule has 194 valence electrons. The first-order chi connectivity index (χ1) is 18.1. The number of benzene rings is 2. The third-order valence-corrected chi connectivity index (χ3v) is 7.71. The quantitative estimate of drug-likeness (QED) is 0.325. The smallest absolute Gasteiger partial charge is 0.261 e. The van der Waals surface area contributed by atoms with Crippen LogP contribution in [0.2, 0.25) is 5.02 Å². The van der Waals surface area contributed by atoms with Crippen LogP contribution in [0.3, 0.4) is 0 Å². The fourth-order valence-electron chi connectivity index (χ4n) is 4.55. The Bertz CT molecular complexity index is 1540. The molecule has 1 atom stereocenters. The predicted molar refractivity (Wildman–Crippen MR) is 139 cm³/mol. The normalized spacial score (nSPS) is 13.7. The second kappa shape index (κ2) is 10.1. The molecular formula is C27H21ClF2N4O3S. The van der Waals surface area contributed by atoms with Crippen LogP contribution >= 0.6 is 22.9 Å². The summed E-state index contributed by atoms with van der Waals surface area (Å²) in [6.45, 7) is 1.62. The number of halogens is 3. The lowest BCUT2D eigenvalue weighted by atomic mass is 10.0. The molecule has 0 saturated heterocycles. The van der Waals surface area contributed by atoms with Gasteiger partial charge in [-0.2, -0.15) is 5.10 Å². The van der Waals surface area contributed by atoms with E-state index in [1.165, 1.54) is 17.5 Å². The van der Waals surface area contributed by atoms with E-state index in [9.17, 15) is 23.2 Å². The van der Waals surface area contributed by atoms with E-state index in [-0.39, 0.29) is 29.7 Å². The van der Waals surface area contributed by atoms with Crippen LogP contribution in [0.15, 0.2) is 54.7 Å². The Labute approximate surface area is 225 Å². The molecule has 0 fully saturated rings. The van der Waals surface area contributed by atoms with Crippen molar-refractivity contribution in [3.63, 3.8) is 0 Å². The van der Waals surface area contributed by atoms with E-state index in [4.69, 9.17) is 11.6 Å². The maximum Gasteiger partial charge on any atom is 0.261 e. The van der Waals surface area contributed by atoms with Crippen molar-refractivity contribution in [1.29, 1.82) is 0 Å². The van der Waals surface area contributed by atoms with Gasteiger partial charge in [0.15, 0.2) is 0 Å². The minimum absolute atomic E-state index is 0.0108. The second-order valence-corrected chi connectivity index (χ2v) is 10.6. The molecule has 5 rings (SSSR count). The number of hydrogen-bond acceptors (Lipinski definition) is 5. The Balaban J connectivity index is 1.44. The zero-order valence-corrected chi connectivity index (χ0v) is 21.9. The number of nitrogens with one attached hydrogen (secondary N) is 1. The van der Waals surface area contributed by atoms with E-state index in [2.05, 4.69) is 10.4 Å². The SMILES string of the molecule is Cc1sc(C(=O)N[C@@H](Cc2cc(F)ccc2F)CN2C(=O)c3ccccc3C2=O)cc1-c1c(Cl)cnn1C. The molecule has 0 bridgehead atoms. The van der Waals surface area contributed by atoms with Gasteiger partial charge in [0, 0.05) is 24.0 Å². The Hall–Kier alpha value is -3.89. The molecule has 1 aliphatic heterocycles. The van der Waals surface area contributed by atoms with Crippen LogP contribution in [-0.4, -0.2) is 45.0 Å². The van der Waals surface area contributed by atoms with Gasteiger partial charge < -0.3 is 5.32 Å². The Morgan fingerprint density at radius 1 is 1.08 bits per heavy atom. The zero-order valence-electron chi connectivity index (χ0n) is 20.3. The van der Waals surface area contributed by atoms with Crippen molar-refractivity contribution in [2.75, 3.05) is 6.54 Å². The lowest BCUT2D eigenvalue weighted by Gasteiger charge is -2.24. The summed E-state index contributed by atoms with van der Waals surface area (Å²) in [6, 6.07) is 10.2. The highest BCUT2D eigenvalue weighted by atomic mass is 35.5. The van der Waals surface area contributed by atoms with E-state index in [0.29, 0.717) is 15.6 Å². The van der Waals surface area contributed by atoms with Crippen LogP contribution in [0.1, 0.15) is 40.8 Å². The van der Waals surface area contributed by atoms with E-state index < -0.39 is 35.4 Å². The first-order valence-corrected chi connectivity index (χ1v) is 12.8. The molecule has 1 N–H and O–H groups in total. The van der Waals surface area contributed by atoms with Crippen LogP contribution in [-0.2, 0) is 13.5 Å². The van der Waals surface area contributed by atoms with Crippen LogP contribution < -0.4 is 5.32 Å². The van der Waals surface area contributed by atoms with Crippen LogP contribution in [0.25, 0.3) is 11.3 Å². The fourth-order valence-corrected chi connectivity index (χ4v) is 5.74. The summed E-state index contributed by atoms with van der Waals surface area (Å²) in [7, 11) is 1.74. The molecule has 3 amide bonds. The summed E-state index contributed by atoms with van der Waals surface area (Å²) >= 11 is 7.52. The first-order valence-electron chi connectivity index (χ1n) is 11.6. The van der Waals surface area contributed by atoms with Crippen molar-refractivity contribution in [2.24, 2.45) is 7.05 Å². The molecule has 3 heterocycles. The molecule has 0 spiro atoms. The number of carbonyl (C=O) groups excluding carboxylic acids is 3. The number of aryl methyl sites for hydroxylation is 2. The standard InChI is InChI=1S/C27H21ClF2N4O3S/c1-14-20(24-21(28)12-31-33(24)2)11-23(38-14)25(35)32-17(10-15-9-16(29)7-8-22(15)30)13-34-26(36)18-5-3-4-6-19(18)27(34)37/h3-9,11-12,17H,10,13H2,1-2H3,(H,32,35)/t17-/m0/s1. The summed E-state index contributed by atoms with van der Waals surface area (Å²) in [4.78, 5) is 41.5. The highest BCUT2D eigenvalue weighted by Gasteiger charge is 2.37. The van der Waals surface area contributed by atoms with Gasteiger partial charge in [0.25, 0.3) is 17.7 Å². The lowest BCUT2D eigenvalue weighted by Crippen LogP contribution is -2.47. The number of hydrogen-bond donors (Lipinski definition) is 1. The third-order valence-electron chi connectivity index (χ3n) is 6.38. The molecule has 0 saturated carbocycles. The minimum Gasteiger partial charge on any atom is -0.346 e. The first kappa shape index (κ1) is 25.7. The summed E-state index contributed by atoms with van der Waals surface area (Å²) in [5.74, 6) is -2.80. The Morgan fingerprint density at radius 3 is 2.39 bits per heavy atom. The van der Waals surface area contributed by atoms with E-state index >= 15 is 0 Å². The number of thiophene rings is 1. The molecule has 4 aromatic rings. The minimum atomic E-state index is -0.896. The summed E-state index contributed by atoms with van der Waals surface area (Å²) < 4.78 is 30.0. The predicted octanol–water partition coefficient (Wildman–Crippen LogP) is 5.03. The van der Waals surface area contributed by atoms with Gasteiger partial charge in [-0.1, -0.05) is 23.7 Å². The van der Waals surface area contributed by atoms with Crippen molar-refractivity contribution in [3.05, 3.63) is 97.8 Å². The number of rotatable bonds is 7. The second-order valence-electron chi connectivity index (χ2n) is 8.92. The topological polar surface area (TPSA) is 84.3 Å². The van der Waals surface area contributed by atoms with Gasteiger partial charge in [-0.15, -0.1) is 11.3 Å². The average molecular weight is 555 g/mol. The highest BCUT2D eigenvalue weighted by Crippen LogP contribution is 2.35. The number of nitrogens with zero attached hydrogens (tertiary/aromatic N) is 3. The van der Waals surface area contributed by atoms with Gasteiger partial charge in [0.1, 0.15) is 11.6 Å². The Kier molecular flexibility index (Phi) is 6.85. The molecule has 0 radical (unpaired) electrons. The zero-order chi connectivity index (χ0) is 27.1. The number of aromatic nitrogens is 2. The van der Waals surface area contributed by atoms with Crippen molar-refractivity contribution >= 4 is 40.7 Å². The van der Waals surface area contributed by atoms with E-state index in [1.807, 2.05) is 6.92 Å². The molecule has 2 aromatic carbocycles. The number of fused-ring (bicyclic) bond motifs is 1.